The zero-order valence-electron chi connectivity index (χ0n) is 13.0. The first-order valence-corrected chi connectivity index (χ1v) is 7.43. The van der Waals surface area contributed by atoms with Crippen LogP contribution in [0.3, 0.4) is 0 Å². The Hall–Kier alpha value is -2.41. The molecule has 0 atom stereocenters. The van der Waals surface area contributed by atoms with Gasteiger partial charge in [0, 0.05) is 12.6 Å². The van der Waals surface area contributed by atoms with Crippen LogP contribution in [0.4, 0.5) is 0 Å². The summed E-state index contributed by atoms with van der Waals surface area (Å²) in [4.78, 5) is 22.8. The molecule has 1 aromatic heterocycles. The van der Waals surface area contributed by atoms with Gasteiger partial charge in [0.2, 0.25) is 0 Å². The third-order valence-electron chi connectivity index (χ3n) is 3.22. The van der Waals surface area contributed by atoms with Gasteiger partial charge in [-0.15, -0.1) is 0 Å². The number of nitrogens with zero attached hydrogens (tertiary/aromatic N) is 1. The van der Waals surface area contributed by atoms with Crippen LogP contribution >= 0.6 is 0 Å². The summed E-state index contributed by atoms with van der Waals surface area (Å²) >= 11 is 0. The fourth-order valence-electron chi connectivity index (χ4n) is 2.00. The van der Waals surface area contributed by atoms with Gasteiger partial charge >= 0.3 is 5.97 Å². The molecule has 0 aromatic carbocycles. The lowest BCUT2D eigenvalue weighted by atomic mass is 10.1. The van der Waals surface area contributed by atoms with E-state index < -0.39 is 5.91 Å². The SMILES string of the molecule is COC(=O)CCNC(=O)c1cc(COCC2=CCCC=C2)on1. The average molecular weight is 320 g/mol. The molecule has 124 valence electrons. The summed E-state index contributed by atoms with van der Waals surface area (Å²) < 4.78 is 15.1. The topological polar surface area (TPSA) is 90.7 Å². The summed E-state index contributed by atoms with van der Waals surface area (Å²) in [7, 11) is 1.30. The number of aromatic nitrogens is 1. The van der Waals surface area contributed by atoms with Crippen molar-refractivity contribution in [1.29, 1.82) is 0 Å². The number of allylic oxidation sites excluding steroid dienone is 2. The molecule has 1 aliphatic rings. The predicted octanol–water partition coefficient (Wildman–Crippen LogP) is 1.76. The van der Waals surface area contributed by atoms with Gasteiger partial charge in [0.15, 0.2) is 11.5 Å². The lowest BCUT2D eigenvalue weighted by molar-refractivity contribution is -0.140. The zero-order valence-corrected chi connectivity index (χ0v) is 13.0. The number of amides is 1. The van der Waals surface area contributed by atoms with E-state index in [9.17, 15) is 9.59 Å². The van der Waals surface area contributed by atoms with E-state index in [4.69, 9.17) is 9.26 Å². The Labute approximate surface area is 134 Å². The average Bonchev–Trinajstić information content (AvgIpc) is 3.04. The zero-order chi connectivity index (χ0) is 16.5. The molecule has 23 heavy (non-hydrogen) atoms. The van der Waals surface area contributed by atoms with E-state index >= 15 is 0 Å². The van der Waals surface area contributed by atoms with Gasteiger partial charge in [-0.3, -0.25) is 9.59 Å². The van der Waals surface area contributed by atoms with Gasteiger partial charge in [-0.25, -0.2) is 0 Å². The van der Waals surface area contributed by atoms with E-state index in [1.54, 1.807) is 0 Å². The molecular weight excluding hydrogens is 300 g/mol. The van der Waals surface area contributed by atoms with E-state index in [-0.39, 0.29) is 31.2 Å². The van der Waals surface area contributed by atoms with Crippen LogP contribution in [-0.4, -0.2) is 37.3 Å². The lowest BCUT2D eigenvalue weighted by Crippen LogP contribution is -2.26. The van der Waals surface area contributed by atoms with Crippen LogP contribution in [-0.2, 0) is 20.9 Å². The van der Waals surface area contributed by atoms with Gasteiger partial charge < -0.3 is 19.3 Å². The van der Waals surface area contributed by atoms with E-state index in [1.165, 1.54) is 13.2 Å². The summed E-state index contributed by atoms with van der Waals surface area (Å²) in [5.41, 5.74) is 1.29. The smallest absolute Gasteiger partial charge is 0.307 e. The number of hydrogen-bond acceptors (Lipinski definition) is 6. The van der Waals surface area contributed by atoms with Crippen molar-refractivity contribution in [3.63, 3.8) is 0 Å². The third kappa shape index (κ3) is 5.71. The van der Waals surface area contributed by atoms with Crippen LogP contribution in [0.15, 0.2) is 34.4 Å². The first kappa shape index (κ1) is 17.0. The molecule has 0 bridgehead atoms. The molecule has 0 saturated heterocycles. The highest BCUT2D eigenvalue weighted by Gasteiger charge is 2.13. The first-order chi connectivity index (χ1) is 11.2. The van der Waals surface area contributed by atoms with Crippen LogP contribution < -0.4 is 5.32 Å². The fourth-order valence-corrected chi connectivity index (χ4v) is 2.00. The summed E-state index contributed by atoms with van der Waals surface area (Å²) in [6.07, 6.45) is 8.51. The van der Waals surface area contributed by atoms with E-state index in [0.717, 1.165) is 18.4 Å². The quantitative estimate of drug-likeness (QED) is 0.734. The Bertz CT molecular complexity index is 603. The summed E-state index contributed by atoms with van der Waals surface area (Å²) in [5.74, 6) is -0.309. The summed E-state index contributed by atoms with van der Waals surface area (Å²) in [5, 5.41) is 6.25. The molecule has 0 aliphatic heterocycles. The normalized spacial score (nSPS) is 13.5. The number of hydrogen-bond donors (Lipinski definition) is 1. The second-order valence-electron chi connectivity index (χ2n) is 5.01. The Morgan fingerprint density at radius 1 is 1.35 bits per heavy atom. The minimum absolute atomic E-state index is 0.110. The predicted molar refractivity (Wildman–Crippen MR) is 81.6 cm³/mol. The number of rotatable bonds is 8. The highest BCUT2D eigenvalue weighted by Crippen LogP contribution is 2.11. The first-order valence-electron chi connectivity index (χ1n) is 7.43. The number of ether oxygens (including phenoxy) is 2. The Morgan fingerprint density at radius 3 is 2.96 bits per heavy atom. The molecule has 0 saturated carbocycles. The maximum atomic E-state index is 11.8. The Morgan fingerprint density at radius 2 is 2.22 bits per heavy atom. The van der Waals surface area contributed by atoms with Crippen LogP contribution in [0.25, 0.3) is 0 Å². The molecule has 0 radical (unpaired) electrons. The molecule has 2 rings (SSSR count). The second kappa shape index (κ2) is 8.89. The van der Waals surface area contributed by atoms with E-state index in [0.29, 0.717) is 12.4 Å². The number of carbonyl (C=O) groups is 2. The summed E-state index contributed by atoms with van der Waals surface area (Å²) in [6, 6.07) is 1.53. The summed E-state index contributed by atoms with van der Waals surface area (Å²) in [6.45, 7) is 0.927. The fraction of sp³-hybridized carbons (Fsp3) is 0.438. The highest BCUT2D eigenvalue weighted by molar-refractivity contribution is 5.92. The second-order valence-corrected chi connectivity index (χ2v) is 5.01. The van der Waals surface area contributed by atoms with Crippen LogP contribution in [0.2, 0.25) is 0 Å². The van der Waals surface area contributed by atoms with Crippen molar-refractivity contribution < 1.29 is 23.6 Å². The van der Waals surface area contributed by atoms with Gasteiger partial charge in [-0.05, 0) is 18.4 Å². The van der Waals surface area contributed by atoms with Crippen LogP contribution in [0, 0.1) is 0 Å². The van der Waals surface area contributed by atoms with Gasteiger partial charge in [-0.1, -0.05) is 23.4 Å². The van der Waals surface area contributed by atoms with Crippen molar-refractivity contribution in [2.75, 3.05) is 20.3 Å². The van der Waals surface area contributed by atoms with Crippen molar-refractivity contribution in [3.05, 3.63) is 41.3 Å². The molecule has 0 unspecified atom stereocenters. The molecule has 1 aliphatic carbocycles. The molecule has 1 aromatic rings. The molecule has 0 spiro atoms. The van der Waals surface area contributed by atoms with E-state index in [2.05, 4.69) is 27.4 Å². The number of methoxy groups -OCH3 is 1. The molecule has 1 N–H and O–H groups in total. The van der Waals surface area contributed by atoms with Crippen molar-refractivity contribution in [2.24, 2.45) is 0 Å². The van der Waals surface area contributed by atoms with Gasteiger partial charge in [-0.2, -0.15) is 0 Å². The molecule has 1 amide bonds. The third-order valence-corrected chi connectivity index (χ3v) is 3.22. The van der Waals surface area contributed by atoms with E-state index in [1.807, 2.05) is 6.08 Å². The number of nitrogens with one attached hydrogen (secondary N) is 1. The van der Waals surface area contributed by atoms with Gasteiger partial charge in [0.25, 0.3) is 5.91 Å². The van der Waals surface area contributed by atoms with Gasteiger partial charge in [0.1, 0.15) is 6.61 Å². The highest BCUT2D eigenvalue weighted by atomic mass is 16.5. The van der Waals surface area contributed by atoms with Crippen LogP contribution in [0.1, 0.15) is 35.5 Å². The largest absolute Gasteiger partial charge is 0.469 e. The van der Waals surface area contributed by atoms with Crippen LogP contribution in [0.5, 0.6) is 0 Å². The Kier molecular flexibility index (Phi) is 6.56. The minimum atomic E-state index is -0.401. The maximum Gasteiger partial charge on any atom is 0.307 e. The van der Waals surface area contributed by atoms with Crippen molar-refractivity contribution >= 4 is 11.9 Å². The molecule has 0 fully saturated rings. The molecule has 7 heteroatoms. The standard InChI is InChI=1S/C16H20N2O5/c1-21-15(19)7-8-17-16(20)14-9-13(23-18-14)11-22-10-12-5-3-2-4-6-12/h3,5-6,9H,2,4,7-8,10-11H2,1H3,(H,17,20). The van der Waals surface area contributed by atoms with Crippen molar-refractivity contribution in [2.45, 2.75) is 25.9 Å². The van der Waals surface area contributed by atoms with Crippen molar-refractivity contribution in [1.82, 2.24) is 10.5 Å². The van der Waals surface area contributed by atoms with Gasteiger partial charge in [0.05, 0.1) is 20.1 Å². The number of esters is 1. The molecule has 7 nitrogen and oxygen atoms in total. The maximum absolute atomic E-state index is 11.8. The monoisotopic (exact) mass is 320 g/mol. The molecular formula is C16H20N2O5. The molecule has 1 heterocycles. The minimum Gasteiger partial charge on any atom is -0.469 e. The van der Waals surface area contributed by atoms with Crippen molar-refractivity contribution in [3.8, 4) is 0 Å². The lowest BCUT2D eigenvalue weighted by Gasteiger charge is -2.06. The number of carbonyl (C=O) groups excluding carboxylic acids is 2. The Balaban J connectivity index is 1.71.